The van der Waals surface area contributed by atoms with Crippen molar-refractivity contribution in [2.24, 2.45) is 5.73 Å². The molecule has 1 aromatic rings. The monoisotopic (exact) mass is 288 g/mol. The first-order valence-electron chi connectivity index (χ1n) is 6.61. The third-order valence-electron chi connectivity index (χ3n) is 2.92. The van der Waals surface area contributed by atoms with E-state index in [-0.39, 0.29) is 17.8 Å². The highest BCUT2D eigenvalue weighted by atomic mass is 19.3. The number of rotatable bonds is 8. The molecule has 0 aliphatic rings. The summed E-state index contributed by atoms with van der Waals surface area (Å²) < 4.78 is 28.4. The number of benzene rings is 1. The van der Waals surface area contributed by atoms with Gasteiger partial charge < -0.3 is 20.9 Å². The molecule has 3 unspecified atom stereocenters. The quantitative estimate of drug-likeness (QED) is 0.685. The Balaban J connectivity index is 2.65. The van der Waals surface area contributed by atoms with Crippen LogP contribution in [0.3, 0.4) is 0 Å². The summed E-state index contributed by atoms with van der Waals surface area (Å²) in [7, 11) is 0. The van der Waals surface area contributed by atoms with Gasteiger partial charge in [-0.05, 0) is 38.0 Å². The van der Waals surface area contributed by atoms with E-state index in [4.69, 9.17) is 5.73 Å². The van der Waals surface area contributed by atoms with E-state index in [0.29, 0.717) is 13.0 Å². The van der Waals surface area contributed by atoms with E-state index in [1.165, 1.54) is 12.1 Å². The number of hydrogen-bond acceptors (Lipinski definition) is 4. The fourth-order valence-electron chi connectivity index (χ4n) is 2.11. The van der Waals surface area contributed by atoms with Crippen molar-refractivity contribution in [3.05, 3.63) is 29.8 Å². The molecule has 0 saturated carbocycles. The van der Waals surface area contributed by atoms with Gasteiger partial charge in [0, 0.05) is 18.6 Å². The zero-order chi connectivity index (χ0) is 15.1. The van der Waals surface area contributed by atoms with Crippen LogP contribution in [0, 0.1) is 0 Å². The lowest BCUT2D eigenvalue weighted by molar-refractivity contribution is -0.0498. The van der Waals surface area contributed by atoms with Crippen molar-refractivity contribution in [3.63, 3.8) is 0 Å². The number of halogens is 2. The lowest BCUT2D eigenvalue weighted by Crippen LogP contribution is -2.36. The summed E-state index contributed by atoms with van der Waals surface area (Å²) in [4.78, 5) is 0. The second-order valence-electron chi connectivity index (χ2n) is 4.89. The molecule has 0 aliphatic heterocycles. The SMILES string of the molecule is CC(O)CC(C)NC(CN)c1ccc(OC(F)F)cc1. The molecular formula is C14H22F2N2O2. The standard InChI is InChI=1S/C14H22F2N2O2/c1-9(7-10(2)19)18-13(8-17)11-3-5-12(6-4-11)20-14(15)16/h3-6,9-10,13-14,18-19H,7-8,17H2,1-2H3. The minimum atomic E-state index is -2.82. The molecule has 114 valence electrons. The second kappa shape index (κ2) is 8.14. The van der Waals surface area contributed by atoms with Crippen LogP contribution in [0.25, 0.3) is 0 Å². The highest BCUT2D eigenvalue weighted by Gasteiger charge is 2.14. The van der Waals surface area contributed by atoms with Crippen molar-refractivity contribution in [2.75, 3.05) is 6.54 Å². The van der Waals surface area contributed by atoms with Gasteiger partial charge in [-0.3, -0.25) is 0 Å². The summed E-state index contributed by atoms with van der Waals surface area (Å²) in [6.07, 6.45) is 0.223. The molecule has 3 atom stereocenters. The molecule has 0 saturated heterocycles. The normalized spacial score (nSPS) is 15.9. The Kier molecular flexibility index (Phi) is 6.84. The molecule has 0 aromatic heterocycles. The lowest BCUT2D eigenvalue weighted by atomic mass is 10.0. The van der Waals surface area contributed by atoms with Crippen LogP contribution < -0.4 is 15.8 Å². The van der Waals surface area contributed by atoms with Crippen molar-refractivity contribution < 1.29 is 18.6 Å². The highest BCUT2D eigenvalue weighted by Crippen LogP contribution is 2.19. The molecule has 1 rings (SSSR count). The van der Waals surface area contributed by atoms with Crippen LogP contribution in [0.5, 0.6) is 5.75 Å². The Morgan fingerprint density at radius 3 is 2.30 bits per heavy atom. The van der Waals surface area contributed by atoms with Crippen molar-refractivity contribution in [1.29, 1.82) is 0 Å². The zero-order valence-corrected chi connectivity index (χ0v) is 11.7. The summed E-state index contributed by atoms with van der Waals surface area (Å²) in [5.41, 5.74) is 6.62. The summed E-state index contributed by atoms with van der Waals surface area (Å²) in [6, 6.07) is 6.40. The fourth-order valence-corrected chi connectivity index (χ4v) is 2.11. The minimum absolute atomic E-state index is 0.0932. The Bertz CT molecular complexity index is 385. The Hall–Kier alpha value is -1.24. The van der Waals surface area contributed by atoms with Crippen LogP contribution in [0.4, 0.5) is 8.78 Å². The van der Waals surface area contributed by atoms with E-state index < -0.39 is 12.7 Å². The highest BCUT2D eigenvalue weighted by molar-refractivity contribution is 5.29. The molecule has 4 nitrogen and oxygen atoms in total. The van der Waals surface area contributed by atoms with Gasteiger partial charge in [0.1, 0.15) is 5.75 Å². The summed E-state index contributed by atoms with van der Waals surface area (Å²) in [5.74, 6) is 0.122. The third kappa shape index (κ3) is 5.81. The number of aliphatic hydroxyl groups excluding tert-OH is 1. The fraction of sp³-hybridized carbons (Fsp3) is 0.571. The summed E-state index contributed by atoms with van der Waals surface area (Å²) >= 11 is 0. The van der Waals surface area contributed by atoms with Gasteiger partial charge in [0.15, 0.2) is 0 Å². The van der Waals surface area contributed by atoms with E-state index in [0.717, 1.165) is 5.56 Å². The molecule has 0 fully saturated rings. The second-order valence-corrected chi connectivity index (χ2v) is 4.89. The molecule has 4 N–H and O–H groups in total. The van der Waals surface area contributed by atoms with Crippen LogP contribution in [0.2, 0.25) is 0 Å². The van der Waals surface area contributed by atoms with E-state index in [1.807, 2.05) is 6.92 Å². The lowest BCUT2D eigenvalue weighted by Gasteiger charge is -2.23. The molecular weight excluding hydrogens is 266 g/mol. The van der Waals surface area contributed by atoms with E-state index in [2.05, 4.69) is 10.1 Å². The zero-order valence-electron chi connectivity index (χ0n) is 11.7. The van der Waals surface area contributed by atoms with Crippen molar-refractivity contribution in [3.8, 4) is 5.75 Å². The maximum absolute atomic E-state index is 12.1. The average molecular weight is 288 g/mol. The van der Waals surface area contributed by atoms with Crippen LogP contribution in [0.1, 0.15) is 31.9 Å². The van der Waals surface area contributed by atoms with E-state index >= 15 is 0 Å². The number of ether oxygens (including phenoxy) is 1. The van der Waals surface area contributed by atoms with Crippen molar-refractivity contribution >= 4 is 0 Å². The molecule has 6 heteroatoms. The average Bonchev–Trinajstić information content (AvgIpc) is 2.35. The molecule has 20 heavy (non-hydrogen) atoms. The number of nitrogens with one attached hydrogen (secondary N) is 1. The number of aliphatic hydroxyl groups is 1. The smallest absolute Gasteiger partial charge is 0.387 e. The predicted molar refractivity (Wildman–Crippen MR) is 73.8 cm³/mol. The van der Waals surface area contributed by atoms with Gasteiger partial charge in [0.2, 0.25) is 0 Å². The summed E-state index contributed by atoms with van der Waals surface area (Å²) in [5, 5.41) is 12.6. The predicted octanol–water partition coefficient (Wildman–Crippen LogP) is 2.04. The molecule has 0 heterocycles. The van der Waals surface area contributed by atoms with Crippen LogP contribution in [-0.4, -0.2) is 30.4 Å². The third-order valence-corrected chi connectivity index (χ3v) is 2.92. The van der Waals surface area contributed by atoms with Gasteiger partial charge in [0.05, 0.1) is 6.10 Å². The number of alkyl halides is 2. The van der Waals surface area contributed by atoms with Gasteiger partial charge in [-0.1, -0.05) is 12.1 Å². The largest absolute Gasteiger partial charge is 0.435 e. The number of hydrogen-bond donors (Lipinski definition) is 3. The van der Waals surface area contributed by atoms with Gasteiger partial charge >= 0.3 is 6.61 Å². The molecule has 1 aromatic carbocycles. The van der Waals surface area contributed by atoms with Crippen molar-refractivity contribution in [1.82, 2.24) is 5.32 Å². The molecule has 0 radical (unpaired) electrons. The first-order chi connectivity index (χ1) is 9.42. The molecule has 0 aliphatic carbocycles. The van der Waals surface area contributed by atoms with Gasteiger partial charge in [0.25, 0.3) is 0 Å². The maximum atomic E-state index is 12.1. The summed E-state index contributed by atoms with van der Waals surface area (Å²) in [6.45, 7) is 1.24. The van der Waals surface area contributed by atoms with Crippen LogP contribution >= 0.6 is 0 Å². The van der Waals surface area contributed by atoms with Gasteiger partial charge in [-0.25, -0.2) is 0 Å². The Morgan fingerprint density at radius 2 is 1.85 bits per heavy atom. The number of nitrogens with two attached hydrogens (primary N) is 1. The Labute approximate surface area is 117 Å². The maximum Gasteiger partial charge on any atom is 0.387 e. The molecule has 0 spiro atoms. The van der Waals surface area contributed by atoms with Crippen LogP contribution in [-0.2, 0) is 0 Å². The first-order valence-corrected chi connectivity index (χ1v) is 6.61. The minimum Gasteiger partial charge on any atom is -0.435 e. The Morgan fingerprint density at radius 1 is 1.25 bits per heavy atom. The van der Waals surface area contributed by atoms with Gasteiger partial charge in [-0.15, -0.1) is 0 Å². The topological polar surface area (TPSA) is 67.5 Å². The van der Waals surface area contributed by atoms with Crippen LogP contribution in [0.15, 0.2) is 24.3 Å². The first kappa shape index (κ1) is 16.8. The molecule has 0 bridgehead atoms. The van der Waals surface area contributed by atoms with Gasteiger partial charge in [-0.2, -0.15) is 8.78 Å². The van der Waals surface area contributed by atoms with Crippen molar-refractivity contribution in [2.45, 2.75) is 45.1 Å². The van der Waals surface area contributed by atoms with E-state index in [9.17, 15) is 13.9 Å². The molecule has 0 amide bonds. The van der Waals surface area contributed by atoms with E-state index in [1.54, 1.807) is 19.1 Å².